The van der Waals surface area contributed by atoms with Crippen LogP contribution < -0.4 is 0 Å². The van der Waals surface area contributed by atoms with Crippen LogP contribution in [0.4, 0.5) is 0 Å². The maximum Gasteiger partial charge on any atom is 0.361 e. The van der Waals surface area contributed by atoms with Crippen molar-refractivity contribution in [2.45, 2.75) is 18.9 Å². The van der Waals surface area contributed by atoms with E-state index >= 15 is 0 Å². The highest BCUT2D eigenvalue weighted by Crippen LogP contribution is 2.19. The first kappa shape index (κ1) is 9.40. The normalized spacial score (nSPS) is 35.3. The molecule has 0 aromatic carbocycles. The van der Waals surface area contributed by atoms with Gasteiger partial charge in [-0.3, -0.25) is 0 Å². The van der Waals surface area contributed by atoms with Gasteiger partial charge in [-0.1, -0.05) is 0 Å². The van der Waals surface area contributed by atoms with Crippen LogP contribution in [0.3, 0.4) is 0 Å². The molecule has 0 bridgehead atoms. The summed E-state index contributed by atoms with van der Waals surface area (Å²) in [5.41, 5.74) is 0. The van der Waals surface area contributed by atoms with Crippen molar-refractivity contribution in [1.82, 2.24) is 0 Å². The average molecular weight is 178 g/mol. The number of carboxylic acid groups (broad SMARTS) is 1. The molecular weight excluding hydrogens is 168 g/mol. The predicted octanol–water partition coefficient (Wildman–Crippen LogP) is -0.611. The van der Waals surface area contributed by atoms with Crippen molar-refractivity contribution in [1.29, 1.82) is 0 Å². The Morgan fingerprint density at radius 3 is 1.92 bits per heavy atom. The van der Waals surface area contributed by atoms with Gasteiger partial charge in [-0.25, -0.2) is 4.79 Å². The van der Waals surface area contributed by atoms with Crippen molar-refractivity contribution in [3.63, 3.8) is 0 Å². The highest BCUT2D eigenvalue weighted by atomic mass is 16.9. The minimum atomic E-state index is -1.31. The number of carbonyl (C=O) groups is 1. The van der Waals surface area contributed by atoms with E-state index in [1.165, 1.54) is 14.2 Å². The van der Waals surface area contributed by atoms with Gasteiger partial charge in [0.15, 0.2) is 0 Å². The molecule has 1 aliphatic rings. The van der Waals surface area contributed by atoms with Crippen LogP contribution in [0.5, 0.6) is 0 Å². The first-order valence-electron chi connectivity index (χ1n) is 3.28. The molecule has 0 spiro atoms. The minimum absolute atomic E-state index is 0.781. The molecule has 0 amide bonds. The van der Waals surface area contributed by atoms with Crippen molar-refractivity contribution in [2.24, 2.45) is 0 Å². The Kier molecular flexibility index (Phi) is 2.99. The van der Waals surface area contributed by atoms with Gasteiger partial charge in [-0.2, -0.15) is 0 Å². The van der Waals surface area contributed by atoms with Gasteiger partial charge in [0, 0.05) is 14.2 Å². The number of ether oxygens (including phenoxy) is 4. The average Bonchev–Trinajstić information content (AvgIpc) is 2.46. The lowest BCUT2D eigenvalue weighted by molar-refractivity contribution is -0.179. The van der Waals surface area contributed by atoms with E-state index in [1.54, 1.807) is 0 Å². The molecule has 0 aliphatic carbocycles. The van der Waals surface area contributed by atoms with Gasteiger partial charge in [0.05, 0.1) is 0 Å². The Morgan fingerprint density at radius 2 is 1.67 bits per heavy atom. The van der Waals surface area contributed by atoms with Crippen molar-refractivity contribution < 1.29 is 28.8 Å². The van der Waals surface area contributed by atoms with Gasteiger partial charge >= 0.3 is 5.97 Å². The van der Waals surface area contributed by atoms with E-state index in [9.17, 15) is 4.79 Å². The molecule has 70 valence electrons. The van der Waals surface area contributed by atoms with Crippen LogP contribution in [0.1, 0.15) is 0 Å². The molecule has 0 aromatic heterocycles. The smallest absolute Gasteiger partial charge is 0.361 e. The van der Waals surface area contributed by atoms with Gasteiger partial charge in [0.2, 0.25) is 12.6 Å². The van der Waals surface area contributed by atoms with Crippen molar-refractivity contribution >= 4 is 5.97 Å². The summed E-state index contributed by atoms with van der Waals surface area (Å²) in [5.74, 6) is -1.20. The molecule has 1 fully saturated rings. The predicted molar refractivity (Wildman–Crippen MR) is 35.2 cm³/mol. The molecule has 6 heteroatoms. The second kappa shape index (κ2) is 3.81. The number of carboxylic acids is 1. The molecule has 12 heavy (non-hydrogen) atoms. The molecule has 1 N–H and O–H groups in total. The molecule has 1 saturated heterocycles. The first-order valence-corrected chi connectivity index (χ1v) is 3.28. The Hall–Kier alpha value is -0.690. The summed E-state index contributed by atoms with van der Waals surface area (Å²) in [4.78, 5) is 10.4. The molecule has 0 radical (unpaired) electrons. The van der Waals surface area contributed by atoms with Crippen LogP contribution in [-0.4, -0.2) is 44.2 Å². The second-order valence-electron chi connectivity index (χ2n) is 2.15. The Morgan fingerprint density at radius 1 is 1.25 bits per heavy atom. The van der Waals surface area contributed by atoms with Crippen molar-refractivity contribution in [2.75, 3.05) is 14.2 Å². The quantitative estimate of drug-likeness (QED) is 0.621. The topological polar surface area (TPSA) is 74.2 Å². The number of aliphatic carboxylic acids is 1. The van der Waals surface area contributed by atoms with Crippen LogP contribution in [0, 0.1) is 0 Å². The molecule has 0 aromatic rings. The van der Waals surface area contributed by atoms with Crippen LogP contribution >= 0.6 is 0 Å². The van der Waals surface area contributed by atoms with Crippen LogP contribution in [0.15, 0.2) is 0 Å². The summed E-state index contributed by atoms with van der Waals surface area (Å²) in [5, 5.41) is 8.48. The first-order chi connectivity index (χ1) is 5.69. The maximum atomic E-state index is 10.4. The van der Waals surface area contributed by atoms with E-state index in [0.29, 0.717) is 0 Å². The van der Waals surface area contributed by atoms with Gasteiger partial charge in [0.1, 0.15) is 0 Å². The molecule has 2 atom stereocenters. The number of methoxy groups -OCH3 is 2. The number of hydrogen-bond acceptors (Lipinski definition) is 5. The largest absolute Gasteiger partial charge is 0.477 e. The molecular formula is C6H10O6. The van der Waals surface area contributed by atoms with Gasteiger partial charge in [-0.05, 0) is 0 Å². The molecule has 0 saturated carbocycles. The fraction of sp³-hybridized carbons (Fsp3) is 0.833. The van der Waals surface area contributed by atoms with Crippen LogP contribution in [-0.2, 0) is 23.7 Å². The summed E-state index contributed by atoms with van der Waals surface area (Å²) >= 11 is 0. The van der Waals surface area contributed by atoms with Crippen molar-refractivity contribution in [3.05, 3.63) is 0 Å². The Bertz CT molecular complexity index is 157. The van der Waals surface area contributed by atoms with Gasteiger partial charge in [0.25, 0.3) is 6.29 Å². The zero-order valence-corrected chi connectivity index (χ0v) is 6.72. The number of rotatable bonds is 3. The molecule has 1 rings (SSSR count). The molecule has 6 nitrogen and oxygen atoms in total. The monoisotopic (exact) mass is 178 g/mol. The standard InChI is InChI=1S/C6H10O6/c1-9-5-6(10-2)12-4(11-5)3(7)8/h4-6H,1-2H3,(H,7,8). The van der Waals surface area contributed by atoms with E-state index in [-0.39, 0.29) is 0 Å². The fourth-order valence-electron chi connectivity index (χ4n) is 0.854. The summed E-state index contributed by atoms with van der Waals surface area (Å²) in [6.45, 7) is 0. The Balaban J connectivity index is 2.53. The lowest BCUT2D eigenvalue weighted by Gasteiger charge is -2.11. The van der Waals surface area contributed by atoms with E-state index < -0.39 is 24.8 Å². The third-order valence-electron chi connectivity index (χ3n) is 1.40. The fourth-order valence-corrected chi connectivity index (χ4v) is 0.854. The molecule has 1 aliphatic heterocycles. The summed E-state index contributed by atoms with van der Waals surface area (Å²) in [6.07, 6.45) is -2.87. The summed E-state index contributed by atoms with van der Waals surface area (Å²) in [7, 11) is 2.76. The van der Waals surface area contributed by atoms with Crippen LogP contribution in [0.2, 0.25) is 0 Å². The number of hydrogen-bond donors (Lipinski definition) is 1. The van der Waals surface area contributed by atoms with Gasteiger partial charge in [-0.15, -0.1) is 0 Å². The van der Waals surface area contributed by atoms with Gasteiger partial charge < -0.3 is 24.1 Å². The van der Waals surface area contributed by atoms with Crippen LogP contribution in [0.25, 0.3) is 0 Å². The molecule has 1 heterocycles. The third-order valence-corrected chi connectivity index (χ3v) is 1.40. The lowest BCUT2D eigenvalue weighted by Crippen LogP contribution is -2.25. The van der Waals surface area contributed by atoms with E-state index in [1.807, 2.05) is 0 Å². The zero-order valence-electron chi connectivity index (χ0n) is 6.72. The SMILES string of the molecule is COC1OC(C(=O)O)OC1OC. The zero-order chi connectivity index (χ0) is 9.14. The lowest BCUT2D eigenvalue weighted by atomic mass is 10.6. The van der Waals surface area contributed by atoms with E-state index in [4.69, 9.17) is 24.1 Å². The molecule has 2 unspecified atom stereocenters. The minimum Gasteiger partial charge on any atom is -0.477 e. The summed E-state index contributed by atoms with van der Waals surface area (Å²) < 4.78 is 19.1. The van der Waals surface area contributed by atoms with E-state index in [2.05, 4.69) is 0 Å². The summed E-state index contributed by atoms with van der Waals surface area (Å²) in [6, 6.07) is 0. The van der Waals surface area contributed by atoms with Crippen molar-refractivity contribution in [3.8, 4) is 0 Å². The Labute approximate surface area is 69.0 Å². The van der Waals surface area contributed by atoms with E-state index in [0.717, 1.165) is 0 Å². The maximum absolute atomic E-state index is 10.4. The second-order valence-corrected chi connectivity index (χ2v) is 2.15. The highest BCUT2D eigenvalue weighted by molar-refractivity contribution is 5.70. The third kappa shape index (κ3) is 1.72. The highest BCUT2D eigenvalue weighted by Gasteiger charge is 2.40.